The Balaban J connectivity index is 1.55. The van der Waals surface area contributed by atoms with E-state index in [9.17, 15) is 4.79 Å². The molecule has 0 aliphatic carbocycles. The minimum atomic E-state index is -0.0356. The molecule has 2 heterocycles. The molecule has 1 atom stereocenters. The summed E-state index contributed by atoms with van der Waals surface area (Å²) >= 11 is 0. The number of carbonyl (C=O) groups is 1. The first kappa shape index (κ1) is 15.8. The second kappa shape index (κ2) is 7.04. The zero-order chi connectivity index (χ0) is 17.1. The number of rotatable bonds is 4. The number of morpholine rings is 1. The zero-order valence-corrected chi connectivity index (χ0v) is 13.8. The van der Waals surface area contributed by atoms with Crippen molar-refractivity contribution in [2.24, 2.45) is 0 Å². The summed E-state index contributed by atoms with van der Waals surface area (Å²) in [7, 11) is 0. The van der Waals surface area contributed by atoms with E-state index >= 15 is 0 Å². The number of hydrogen-bond donors (Lipinski definition) is 3. The van der Waals surface area contributed by atoms with E-state index in [0.29, 0.717) is 19.6 Å². The maximum atomic E-state index is 12.4. The van der Waals surface area contributed by atoms with Gasteiger partial charge in [-0.1, -0.05) is 24.3 Å². The molecule has 128 valence electrons. The fraction of sp³-hybridized carbons (Fsp3) is 0.263. The molecule has 6 heteroatoms. The Morgan fingerprint density at radius 3 is 2.88 bits per heavy atom. The number of nitrogens with zero attached hydrogens (tertiary/aromatic N) is 1. The number of aromatic nitrogens is 2. The van der Waals surface area contributed by atoms with Gasteiger partial charge in [0, 0.05) is 24.6 Å². The molecule has 3 N–H and O–H groups in total. The number of H-pyrrole nitrogens is 1. The van der Waals surface area contributed by atoms with Crippen molar-refractivity contribution in [2.75, 3.05) is 25.1 Å². The average Bonchev–Trinajstić information content (AvgIpc) is 3.07. The summed E-state index contributed by atoms with van der Waals surface area (Å²) in [4.78, 5) is 20.3. The van der Waals surface area contributed by atoms with Gasteiger partial charge in [0.2, 0.25) is 5.91 Å². The van der Waals surface area contributed by atoms with Crippen molar-refractivity contribution in [3.05, 3.63) is 48.5 Å². The van der Waals surface area contributed by atoms with Gasteiger partial charge < -0.3 is 20.4 Å². The van der Waals surface area contributed by atoms with Crippen molar-refractivity contribution < 1.29 is 9.53 Å². The van der Waals surface area contributed by atoms with E-state index in [-0.39, 0.29) is 11.9 Å². The Kier molecular flexibility index (Phi) is 4.45. The minimum absolute atomic E-state index is 0.0356. The van der Waals surface area contributed by atoms with Crippen LogP contribution in [0.3, 0.4) is 0 Å². The van der Waals surface area contributed by atoms with Crippen molar-refractivity contribution in [3.63, 3.8) is 0 Å². The van der Waals surface area contributed by atoms with Gasteiger partial charge in [0.1, 0.15) is 5.82 Å². The quantitative estimate of drug-likeness (QED) is 0.684. The van der Waals surface area contributed by atoms with Crippen molar-refractivity contribution in [2.45, 2.75) is 12.5 Å². The van der Waals surface area contributed by atoms with Crippen molar-refractivity contribution >= 4 is 22.6 Å². The number of carbonyl (C=O) groups excluding carboxylic acids is 1. The van der Waals surface area contributed by atoms with Crippen LogP contribution in [-0.2, 0) is 9.53 Å². The SMILES string of the molecule is O=C(CC1COCCN1)Nc1ccccc1-c1nc2ccccc2[nH]1. The maximum absolute atomic E-state index is 12.4. The van der Waals surface area contributed by atoms with Crippen LogP contribution in [0.1, 0.15) is 6.42 Å². The molecule has 6 nitrogen and oxygen atoms in total. The number of nitrogens with one attached hydrogen (secondary N) is 3. The molecule has 0 bridgehead atoms. The molecule has 25 heavy (non-hydrogen) atoms. The first-order chi connectivity index (χ1) is 12.3. The standard InChI is InChI=1S/C19H20N4O2/c24-18(11-13-12-25-10-9-20-13)21-15-6-2-1-5-14(15)19-22-16-7-3-4-8-17(16)23-19/h1-8,13,20H,9-12H2,(H,21,24)(H,22,23). The van der Waals surface area contributed by atoms with Crippen LogP contribution in [0.2, 0.25) is 0 Å². The number of aromatic amines is 1. The van der Waals surface area contributed by atoms with Crippen LogP contribution in [0.15, 0.2) is 48.5 Å². The third kappa shape index (κ3) is 3.55. The molecule has 4 rings (SSSR count). The molecule has 0 radical (unpaired) electrons. The molecule has 1 amide bonds. The van der Waals surface area contributed by atoms with E-state index < -0.39 is 0 Å². The molecule has 1 aromatic heterocycles. The number of fused-ring (bicyclic) bond motifs is 1. The highest BCUT2D eigenvalue weighted by Crippen LogP contribution is 2.27. The van der Waals surface area contributed by atoms with Crippen LogP contribution in [0.4, 0.5) is 5.69 Å². The number of para-hydroxylation sites is 3. The number of anilines is 1. The topological polar surface area (TPSA) is 79.0 Å². The lowest BCUT2D eigenvalue weighted by Gasteiger charge is -2.23. The van der Waals surface area contributed by atoms with E-state index in [1.807, 2.05) is 48.5 Å². The molecular weight excluding hydrogens is 316 g/mol. The van der Waals surface area contributed by atoms with Gasteiger partial charge in [-0.15, -0.1) is 0 Å². The monoisotopic (exact) mass is 336 g/mol. The predicted molar refractivity (Wildman–Crippen MR) is 97.4 cm³/mol. The summed E-state index contributed by atoms with van der Waals surface area (Å²) in [6, 6.07) is 15.6. The van der Waals surface area contributed by atoms with Crippen LogP contribution in [0.5, 0.6) is 0 Å². The fourth-order valence-electron chi connectivity index (χ4n) is 3.05. The van der Waals surface area contributed by atoms with Crippen molar-refractivity contribution in [1.82, 2.24) is 15.3 Å². The average molecular weight is 336 g/mol. The highest BCUT2D eigenvalue weighted by Gasteiger charge is 2.18. The summed E-state index contributed by atoms with van der Waals surface area (Å²) in [5.41, 5.74) is 3.51. The molecule has 1 aliphatic rings. The van der Waals surface area contributed by atoms with Gasteiger partial charge in [-0.25, -0.2) is 4.98 Å². The first-order valence-corrected chi connectivity index (χ1v) is 8.45. The highest BCUT2D eigenvalue weighted by atomic mass is 16.5. The smallest absolute Gasteiger partial charge is 0.226 e. The van der Waals surface area contributed by atoms with Gasteiger partial charge in [-0.3, -0.25) is 4.79 Å². The number of hydrogen-bond acceptors (Lipinski definition) is 4. The molecule has 1 aliphatic heterocycles. The van der Waals surface area contributed by atoms with Crippen LogP contribution < -0.4 is 10.6 Å². The Bertz CT molecular complexity index is 851. The van der Waals surface area contributed by atoms with Gasteiger partial charge in [0.15, 0.2) is 0 Å². The number of amides is 1. The van der Waals surface area contributed by atoms with Crippen molar-refractivity contribution in [1.29, 1.82) is 0 Å². The third-order valence-electron chi connectivity index (χ3n) is 4.28. The summed E-state index contributed by atoms with van der Waals surface area (Å²) in [6.07, 6.45) is 0.383. The second-order valence-corrected chi connectivity index (χ2v) is 6.13. The molecule has 2 aromatic carbocycles. The molecule has 1 saturated heterocycles. The highest BCUT2D eigenvalue weighted by molar-refractivity contribution is 5.95. The second-order valence-electron chi connectivity index (χ2n) is 6.13. The molecule has 1 unspecified atom stereocenters. The van der Waals surface area contributed by atoms with Crippen molar-refractivity contribution in [3.8, 4) is 11.4 Å². The summed E-state index contributed by atoms with van der Waals surface area (Å²) in [5.74, 6) is 0.711. The Morgan fingerprint density at radius 2 is 2.04 bits per heavy atom. The molecular formula is C19H20N4O2. The predicted octanol–water partition coefficient (Wildman–Crippen LogP) is 2.55. The van der Waals surface area contributed by atoms with E-state index in [1.54, 1.807) is 0 Å². The van der Waals surface area contributed by atoms with Gasteiger partial charge in [0.05, 0.1) is 29.9 Å². The van der Waals surface area contributed by atoms with Gasteiger partial charge in [-0.05, 0) is 24.3 Å². The summed E-state index contributed by atoms with van der Waals surface area (Å²) in [5, 5.41) is 6.30. The Morgan fingerprint density at radius 1 is 1.20 bits per heavy atom. The lowest BCUT2D eigenvalue weighted by molar-refractivity contribution is -0.117. The molecule has 0 spiro atoms. The number of ether oxygens (including phenoxy) is 1. The molecule has 0 saturated carbocycles. The van der Waals surface area contributed by atoms with Gasteiger partial charge in [-0.2, -0.15) is 0 Å². The number of benzene rings is 2. The molecule has 3 aromatic rings. The van der Waals surface area contributed by atoms with Crippen LogP contribution in [-0.4, -0.2) is 41.7 Å². The Labute approximate surface area is 145 Å². The Hall–Kier alpha value is -2.70. The summed E-state index contributed by atoms with van der Waals surface area (Å²) in [6.45, 7) is 2.05. The van der Waals surface area contributed by atoms with Gasteiger partial charge >= 0.3 is 0 Å². The summed E-state index contributed by atoms with van der Waals surface area (Å²) < 4.78 is 5.40. The van der Waals surface area contributed by atoms with E-state index in [1.165, 1.54) is 0 Å². The van der Waals surface area contributed by atoms with Gasteiger partial charge in [0.25, 0.3) is 0 Å². The van der Waals surface area contributed by atoms with E-state index in [4.69, 9.17) is 4.74 Å². The lowest BCUT2D eigenvalue weighted by Crippen LogP contribution is -2.43. The normalized spacial score (nSPS) is 17.5. The first-order valence-electron chi connectivity index (χ1n) is 8.45. The van der Waals surface area contributed by atoms with E-state index in [0.717, 1.165) is 34.7 Å². The van der Waals surface area contributed by atoms with Crippen LogP contribution in [0.25, 0.3) is 22.4 Å². The van der Waals surface area contributed by atoms with Crippen LogP contribution in [0, 0.1) is 0 Å². The zero-order valence-electron chi connectivity index (χ0n) is 13.8. The third-order valence-corrected chi connectivity index (χ3v) is 4.28. The molecule has 1 fully saturated rings. The fourth-order valence-corrected chi connectivity index (χ4v) is 3.05. The van der Waals surface area contributed by atoms with E-state index in [2.05, 4.69) is 20.6 Å². The number of imidazole rings is 1. The van der Waals surface area contributed by atoms with Crippen LogP contribution >= 0.6 is 0 Å². The lowest BCUT2D eigenvalue weighted by atomic mass is 10.1. The maximum Gasteiger partial charge on any atom is 0.226 e. The minimum Gasteiger partial charge on any atom is -0.378 e. The largest absolute Gasteiger partial charge is 0.378 e.